The largest absolute Gasteiger partial charge is 0.497 e. The summed E-state index contributed by atoms with van der Waals surface area (Å²) in [6, 6.07) is 13.0. The summed E-state index contributed by atoms with van der Waals surface area (Å²) in [6.45, 7) is 5.20. The second-order valence-corrected chi connectivity index (χ2v) is 6.57. The maximum absolute atomic E-state index is 13.0. The van der Waals surface area contributed by atoms with E-state index < -0.39 is 6.10 Å². The van der Waals surface area contributed by atoms with Crippen LogP contribution in [0.15, 0.2) is 42.5 Å². The van der Waals surface area contributed by atoms with E-state index in [1.165, 1.54) is 6.92 Å². The number of ketones is 1. The number of hydrogen-bond acceptors (Lipinski definition) is 4. The first kappa shape index (κ1) is 18.0. The zero-order chi connectivity index (χ0) is 18.8. The molecule has 0 fully saturated rings. The molecular weight excluding hydrogens is 330 g/mol. The minimum absolute atomic E-state index is 0.0727. The number of anilines is 1. The SMILES string of the molecule is COc1ccc(C(C)=O)c(O[C@H](C)C(=O)N2c3ccccc3C[C@H]2C)c1. The first-order valence-corrected chi connectivity index (χ1v) is 8.69. The van der Waals surface area contributed by atoms with Crippen LogP contribution in [0.1, 0.15) is 36.7 Å². The first-order valence-electron chi connectivity index (χ1n) is 8.69. The van der Waals surface area contributed by atoms with Crippen LogP contribution in [-0.2, 0) is 11.2 Å². The van der Waals surface area contributed by atoms with E-state index in [1.807, 2.05) is 31.2 Å². The van der Waals surface area contributed by atoms with E-state index in [0.29, 0.717) is 17.1 Å². The summed E-state index contributed by atoms with van der Waals surface area (Å²) < 4.78 is 11.1. The number of amides is 1. The van der Waals surface area contributed by atoms with Crippen molar-refractivity contribution < 1.29 is 19.1 Å². The van der Waals surface area contributed by atoms with Crippen molar-refractivity contribution in [2.45, 2.75) is 39.3 Å². The first-order chi connectivity index (χ1) is 12.4. The molecule has 0 spiro atoms. The monoisotopic (exact) mass is 353 g/mol. The number of fused-ring (bicyclic) bond motifs is 1. The molecule has 3 rings (SSSR count). The zero-order valence-corrected chi connectivity index (χ0v) is 15.5. The van der Waals surface area contributed by atoms with Crippen molar-refractivity contribution in [3.8, 4) is 11.5 Å². The number of hydrogen-bond donors (Lipinski definition) is 0. The number of rotatable bonds is 5. The molecule has 1 aliphatic heterocycles. The molecule has 0 N–H and O–H groups in total. The number of para-hydroxylation sites is 1. The van der Waals surface area contributed by atoms with Gasteiger partial charge in [-0.3, -0.25) is 9.59 Å². The average Bonchev–Trinajstić information content (AvgIpc) is 2.96. The lowest BCUT2D eigenvalue weighted by molar-refractivity contribution is -0.124. The summed E-state index contributed by atoms with van der Waals surface area (Å²) in [5.41, 5.74) is 2.52. The second kappa shape index (κ2) is 7.20. The van der Waals surface area contributed by atoms with Crippen molar-refractivity contribution in [2.24, 2.45) is 0 Å². The fourth-order valence-electron chi connectivity index (χ4n) is 3.36. The van der Waals surface area contributed by atoms with E-state index in [0.717, 1.165) is 17.7 Å². The predicted molar refractivity (Wildman–Crippen MR) is 100 cm³/mol. The Bertz CT molecular complexity index is 846. The molecular formula is C21H23NO4. The molecule has 0 saturated carbocycles. The van der Waals surface area contributed by atoms with Gasteiger partial charge in [0.15, 0.2) is 11.9 Å². The van der Waals surface area contributed by atoms with Gasteiger partial charge in [-0.15, -0.1) is 0 Å². The lowest BCUT2D eigenvalue weighted by Crippen LogP contribution is -2.43. The van der Waals surface area contributed by atoms with Crippen LogP contribution in [0.3, 0.4) is 0 Å². The molecule has 0 radical (unpaired) electrons. The van der Waals surface area contributed by atoms with Crippen LogP contribution in [0.2, 0.25) is 0 Å². The van der Waals surface area contributed by atoms with Crippen molar-refractivity contribution in [1.29, 1.82) is 0 Å². The fourth-order valence-corrected chi connectivity index (χ4v) is 3.36. The molecule has 5 heteroatoms. The summed E-state index contributed by atoms with van der Waals surface area (Å²) in [4.78, 5) is 26.7. The van der Waals surface area contributed by atoms with E-state index in [-0.39, 0.29) is 17.7 Å². The Hall–Kier alpha value is -2.82. The zero-order valence-electron chi connectivity index (χ0n) is 15.5. The molecule has 0 bridgehead atoms. The second-order valence-electron chi connectivity index (χ2n) is 6.57. The summed E-state index contributed by atoms with van der Waals surface area (Å²) >= 11 is 0. The van der Waals surface area contributed by atoms with E-state index >= 15 is 0 Å². The van der Waals surface area contributed by atoms with Gasteiger partial charge in [0.1, 0.15) is 11.5 Å². The van der Waals surface area contributed by atoms with Gasteiger partial charge < -0.3 is 14.4 Å². The molecule has 0 unspecified atom stereocenters. The van der Waals surface area contributed by atoms with Gasteiger partial charge in [-0.1, -0.05) is 18.2 Å². The summed E-state index contributed by atoms with van der Waals surface area (Å²) in [5.74, 6) is 0.685. The van der Waals surface area contributed by atoms with Crippen molar-refractivity contribution in [3.05, 3.63) is 53.6 Å². The number of benzene rings is 2. The van der Waals surface area contributed by atoms with E-state index in [1.54, 1.807) is 37.1 Å². The Kier molecular flexibility index (Phi) is 4.98. The van der Waals surface area contributed by atoms with Gasteiger partial charge in [0.05, 0.1) is 12.7 Å². The molecule has 0 saturated heterocycles. The molecule has 0 aromatic heterocycles. The summed E-state index contributed by atoms with van der Waals surface area (Å²) in [7, 11) is 1.55. The highest BCUT2D eigenvalue weighted by Crippen LogP contribution is 2.33. The minimum atomic E-state index is -0.728. The Morgan fingerprint density at radius 2 is 1.92 bits per heavy atom. The van der Waals surface area contributed by atoms with Gasteiger partial charge in [-0.25, -0.2) is 0 Å². The molecule has 136 valence electrons. The quantitative estimate of drug-likeness (QED) is 0.770. The van der Waals surface area contributed by atoms with Crippen LogP contribution in [0.4, 0.5) is 5.69 Å². The van der Waals surface area contributed by atoms with Crippen LogP contribution in [-0.4, -0.2) is 30.9 Å². The maximum Gasteiger partial charge on any atom is 0.268 e. The molecule has 2 aromatic rings. The standard InChI is InChI=1S/C21H23NO4/c1-13-11-16-7-5-6-8-19(16)22(13)21(24)15(3)26-20-12-17(25-4)9-10-18(20)14(2)23/h5-10,12-13,15H,11H2,1-4H3/t13-,15-/m1/s1. The minimum Gasteiger partial charge on any atom is -0.497 e. The van der Waals surface area contributed by atoms with Crippen LogP contribution >= 0.6 is 0 Å². The molecule has 2 aromatic carbocycles. The van der Waals surface area contributed by atoms with E-state index in [4.69, 9.17) is 9.47 Å². The van der Waals surface area contributed by atoms with Crippen molar-refractivity contribution in [2.75, 3.05) is 12.0 Å². The highest BCUT2D eigenvalue weighted by atomic mass is 16.5. The van der Waals surface area contributed by atoms with E-state index in [2.05, 4.69) is 0 Å². The third-order valence-electron chi connectivity index (χ3n) is 4.66. The third-order valence-corrected chi connectivity index (χ3v) is 4.66. The predicted octanol–water partition coefficient (Wildman–Crippen LogP) is 3.64. The third kappa shape index (κ3) is 3.29. The van der Waals surface area contributed by atoms with Crippen molar-refractivity contribution in [3.63, 3.8) is 0 Å². The Morgan fingerprint density at radius 1 is 1.19 bits per heavy atom. The summed E-state index contributed by atoms with van der Waals surface area (Å²) in [6.07, 6.45) is 0.0979. The molecule has 0 aliphatic carbocycles. The van der Waals surface area contributed by atoms with Gasteiger partial charge in [0.25, 0.3) is 5.91 Å². The number of carbonyl (C=O) groups excluding carboxylic acids is 2. The highest BCUT2D eigenvalue weighted by Gasteiger charge is 2.34. The molecule has 5 nitrogen and oxygen atoms in total. The van der Waals surface area contributed by atoms with Gasteiger partial charge in [0.2, 0.25) is 0 Å². The number of nitrogens with zero attached hydrogens (tertiary/aromatic N) is 1. The molecule has 26 heavy (non-hydrogen) atoms. The fraction of sp³-hybridized carbons (Fsp3) is 0.333. The topological polar surface area (TPSA) is 55.8 Å². The molecule has 1 heterocycles. The average molecular weight is 353 g/mol. The number of carbonyl (C=O) groups is 2. The van der Waals surface area contributed by atoms with Crippen molar-refractivity contribution >= 4 is 17.4 Å². The van der Waals surface area contributed by atoms with Crippen LogP contribution in [0.25, 0.3) is 0 Å². The Morgan fingerprint density at radius 3 is 2.62 bits per heavy atom. The van der Waals surface area contributed by atoms with Crippen LogP contribution < -0.4 is 14.4 Å². The smallest absolute Gasteiger partial charge is 0.268 e. The lowest BCUT2D eigenvalue weighted by Gasteiger charge is -2.26. The lowest BCUT2D eigenvalue weighted by atomic mass is 10.1. The maximum atomic E-state index is 13.0. The summed E-state index contributed by atoms with van der Waals surface area (Å²) in [5, 5.41) is 0. The molecule has 1 amide bonds. The van der Waals surface area contributed by atoms with Gasteiger partial charge in [0, 0.05) is 17.8 Å². The van der Waals surface area contributed by atoms with Crippen LogP contribution in [0.5, 0.6) is 11.5 Å². The number of ether oxygens (including phenoxy) is 2. The molecule has 1 aliphatic rings. The normalized spacial score (nSPS) is 16.8. The highest BCUT2D eigenvalue weighted by molar-refractivity contribution is 6.00. The van der Waals surface area contributed by atoms with Gasteiger partial charge in [-0.05, 0) is 51.0 Å². The van der Waals surface area contributed by atoms with Crippen LogP contribution in [0, 0.1) is 0 Å². The number of Topliss-reactive ketones (excluding diaryl/α,β-unsaturated/α-hetero) is 1. The van der Waals surface area contributed by atoms with Gasteiger partial charge in [-0.2, -0.15) is 0 Å². The van der Waals surface area contributed by atoms with E-state index in [9.17, 15) is 9.59 Å². The number of methoxy groups -OCH3 is 1. The molecule has 2 atom stereocenters. The van der Waals surface area contributed by atoms with Crippen molar-refractivity contribution in [1.82, 2.24) is 0 Å². The van der Waals surface area contributed by atoms with Gasteiger partial charge >= 0.3 is 0 Å². The Labute approximate surface area is 153 Å². The Balaban J connectivity index is 1.86.